The van der Waals surface area contributed by atoms with Crippen molar-refractivity contribution in [1.82, 2.24) is 4.98 Å². The van der Waals surface area contributed by atoms with Crippen LogP contribution >= 0.6 is 0 Å². The van der Waals surface area contributed by atoms with Gasteiger partial charge >= 0.3 is 5.25 Å². The van der Waals surface area contributed by atoms with Gasteiger partial charge in [0.1, 0.15) is 17.3 Å². The topological polar surface area (TPSA) is 76.5 Å². The minimum atomic E-state index is -5.03. The molecule has 1 N–H and O–H groups in total. The Bertz CT molecular complexity index is 1050. The van der Waals surface area contributed by atoms with E-state index < -0.39 is 43.4 Å². The summed E-state index contributed by atoms with van der Waals surface area (Å²) in [6.07, 6.45) is 1.51. The average molecular weight is 369 g/mol. The van der Waals surface area contributed by atoms with Gasteiger partial charge in [-0.2, -0.15) is 8.78 Å². The van der Waals surface area contributed by atoms with Crippen LogP contribution in [0.2, 0.25) is 0 Å². The molecule has 0 spiro atoms. The third kappa shape index (κ3) is 1.82. The Morgan fingerprint density at radius 1 is 1.28 bits per heavy atom. The summed E-state index contributed by atoms with van der Waals surface area (Å²) in [7, 11) is -5.03. The Morgan fingerprint density at radius 2 is 2.00 bits per heavy atom. The normalized spacial score (nSPS) is 25.0. The first-order chi connectivity index (χ1) is 11.6. The van der Waals surface area contributed by atoms with E-state index in [0.29, 0.717) is 0 Å². The number of alkyl halides is 2. The third-order valence-corrected chi connectivity index (χ3v) is 6.31. The van der Waals surface area contributed by atoms with Gasteiger partial charge in [0, 0.05) is 23.6 Å². The molecule has 2 aliphatic rings. The smallest absolute Gasteiger partial charge is 0.382 e. The van der Waals surface area contributed by atoms with Crippen LogP contribution in [0.25, 0.3) is 5.57 Å². The molecule has 0 radical (unpaired) electrons. The molecule has 0 saturated heterocycles. The summed E-state index contributed by atoms with van der Waals surface area (Å²) in [4.78, 5) is 2.96. The second-order valence-corrected chi connectivity index (χ2v) is 7.87. The summed E-state index contributed by atoms with van der Waals surface area (Å²) in [6.45, 7) is 3.64. The van der Waals surface area contributed by atoms with Gasteiger partial charge in [0.25, 0.3) is 0 Å². The van der Waals surface area contributed by atoms with Crippen molar-refractivity contribution in [2.24, 2.45) is 0 Å². The second kappa shape index (κ2) is 4.61. The van der Waals surface area contributed by atoms with E-state index in [1.165, 1.54) is 12.3 Å². The van der Waals surface area contributed by atoms with Crippen LogP contribution in [0.4, 0.5) is 13.2 Å². The van der Waals surface area contributed by atoms with Crippen molar-refractivity contribution < 1.29 is 31.4 Å². The molecule has 2 heterocycles. The number of hydrogen-bond acceptors (Lipinski definition) is 5. The van der Waals surface area contributed by atoms with E-state index in [-0.39, 0.29) is 22.6 Å². The van der Waals surface area contributed by atoms with Gasteiger partial charge < -0.3 is 9.84 Å². The Labute approximate surface area is 140 Å². The zero-order valence-corrected chi connectivity index (χ0v) is 13.3. The quantitative estimate of drug-likeness (QED) is 0.881. The SMILES string of the molecule is C=C1CC2(O)c3c(ccc(Oc4cncc(F)c4)c31)S(=O)(=O)C2(F)F. The number of hydrogen-bond donors (Lipinski definition) is 1. The molecule has 0 saturated carbocycles. The van der Waals surface area contributed by atoms with Crippen LogP contribution in [-0.4, -0.2) is 23.8 Å². The molecule has 0 bridgehead atoms. The summed E-state index contributed by atoms with van der Waals surface area (Å²) in [5.74, 6) is -0.688. The minimum Gasteiger partial charge on any atom is -0.455 e. The molecule has 4 rings (SSSR count). The predicted molar refractivity (Wildman–Crippen MR) is 80.4 cm³/mol. The number of halogens is 3. The lowest BCUT2D eigenvalue weighted by molar-refractivity contribution is -0.120. The number of rotatable bonds is 2. The van der Waals surface area contributed by atoms with E-state index in [0.717, 1.165) is 18.3 Å². The summed E-state index contributed by atoms with van der Waals surface area (Å²) < 4.78 is 71.7. The highest BCUT2D eigenvalue weighted by Crippen LogP contribution is 2.63. The predicted octanol–water partition coefficient (Wildman–Crippen LogP) is 3.00. The van der Waals surface area contributed by atoms with Crippen molar-refractivity contribution in [1.29, 1.82) is 0 Å². The molecule has 0 amide bonds. The first-order valence-corrected chi connectivity index (χ1v) is 8.57. The highest BCUT2D eigenvalue weighted by atomic mass is 32.2. The van der Waals surface area contributed by atoms with Crippen molar-refractivity contribution in [3.63, 3.8) is 0 Å². The number of ether oxygens (including phenoxy) is 1. The maximum atomic E-state index is 14.4. The van der Waals surface area contributed by atoms with Crippen LogP contribution in [0.5, 0.6) is 11.5 Å². The Hall–Kier alpha value is -2.39. The third-order valence-electron chi connectivity index (χ3n) is 4.38. The largest absolute Gasteiger partial charge is 0.455 e. The van der Waals surface area contributed by atoms with Gasteiger partial charge in [-0.1, -0.05) is 6.58 Å². The van der Waals surface area contributed by atoms with Crippen LogP contribution in [0, 0.1) is 5.82 Å². The number of aliphatic hydroxyl groups is 1. The fourth-order valence-corrected chi connectivity index (χ4v) is 4.99. The highest BCUT2D eigenvalue weighted by Gasteiger charge is 2.73. The lowest BCUT2D eigenvalue weighted by Gasteiger charge is -2.24. The van der Waals surface area contributed by atoms with Crippen molar-refractivity contribution in [2.75, 3.05) is 0 Å². The van der Waals surface area contributed by atoms with Gasteiger partial charge in [0.2, 0.25) is 9.84 Å². The van der Waals surface area contributed by atoms with Gasteiger partial charge in [-0.25, -0.2) is 12.8 Å². The van der Waals surface area contributed by atoms with Crippen molar-refractivity contribution >= 4 is 15.4 Å². The molecule has 1 aliphatic heterocycles. The molecule has 5 nitrogen and oxygen atoms in total. The van der Waals surface area contributed by atoms with E-state index in [1.807, 2.05) is 0 Å². The number of aromatic nitrogens is 1. The first-order valence-electron chi connectivity index (χ1n) is 7.08. The van der Waals surface area contributed by atoms with Gasteiger partial charge in [0.05, 0.1) is 17.3 Å². The zero-order chi connectivity index (χ0) is 18.2. The van der Waals surface area contributed by atoms with Gasteiger partial charge in [-0.3, -0.25) is 4.98 Å². The molecule has 1 atom stereocenters. The van der Waals surface area contributed by atoms with Gasteiger partial charge in [0.15, 0.2) is 5.60 Å². The van der Waals surface area contributed by atoms with Crippen molar-refractivity contribution in [2.45, 2.75) is 22.2 Å². The standard InChI is InChI=1S/C16H10F3NO4S/c1-8-5-15(21)14-12(25(22,23)16(15,18)19)3-2-11(13(8)14)24-10-4-9(17)6-20-7-10/h2-4,6-7,21H,1,5H2. The number of pyridine rings is 1. The van der Waals surface area contributed by atoms with Crippen LogP contribution in [0.3, 0.4) is 0 Å². The summed E-state index contributed by atoms with van der Waals surface area (Å²) in [5, 5.41) is 6.08. The molecule has 9 heteroatoms. The summed E-state index contributed by atoms with van der Waals surface area (Å²) in [5.41, 5.74) is -3.23. The van der Waals surface area contributed by atoms with Crippen LogP contribution in [-0.2, 0) is 15.4 Å². The molecule has 1 aromatic heterocycles. The number of benzene rings is 1. The van der Waals surface area contributed by atoms with E-state index >= 15 is 0 Å². The molecule has 0 fully saturated rings. The molecule has 25 heavy (non-hydrogen) atoms. The zero-order valence-electron chi connectivity index (χ0n) is 12.5. The summed E-state index contributed by atoms with van der Waals surface area (Å²) >= 11 is 0. The second-order valence-electron chi connectivity index (χ2n) is 5.91. The van der Waals surface area contributed by atoms with E-state index in [1.54, 1.807) is 0 Å². The summed E-state index contributed by atoms with van der Waals surface area (Å²) in [6, 6.07) is 3.15. The Balaban J connectivity index is 1.95. The molecular formula is C16H10F3NO4S. The lowest BCUT2D eigenvalue weighted by atomic mass is 9.96. The van der Waals surface area contributed by atoms with Crippen LogP contribution in [0.1, 0.15) is 17.5 Å². The average Bonchev–Trinajstić information content (AvgIpc) is 2.85. The van der Waals surface area contributed by atoms with E-state index in [9.17, 15) is 26.7 Å². The molecule has 1 aliphatic carbocycles. The first kappa shape index (κ1) is 16.1. The van der Waals surface area contributed by atoms with E-state index in [2.05, 4.69) is 11.6 Å². The minimum absolute atomic E-state index is 0.00736. The maximum absolute atomic E-state index is 14.4. The van der Waals surface area contributed by atoms with Gasteiger partial charge in [-0.15, -0.1) is 0 Å². The molecule has 1 unspecified atom stereocenters. The molecule has 1 aromatic carbocycles. The van der Waals surface area contributed by atoms with E-state index in [4.69, 9.17) is 4.74 Å². The fraction of sp³-hybridized carbons (Fsp3) is 0.188. The van der Waals surface area contributed by atoms with Crippen molar-refractivity contribution in [3.05, 3.63) is 54.1 Å². The molecule has 2 aromatic rings. The molecule has 130 valence electrons. The van der Waals surface area contributed by atoms with Crippen LogP contribution in [0.15, 0.2) is 42.1 Å². The Morgan fingerprint density at radius 3 is 2.68 bits per heavy atom. The monoisotopic (exact) mass is 369 g/mol. The Kier molecular flexibility index (Phi) is 2.97. The highest BCUT2D eigenvalue weighted by molar-refractivity contribution is 7.93. The lowest BCUT2D eigenvalue weighted by Crippen LogP contribution is -2.43. The van der Waals surface area contributed by atoms with Gasteiger partial charge in [-0.05, 0) is 17.7 Å². The number of sulfone groups is 1. The number of nitrogens with zero attached hydrogens (tertiary/aromatic N) is 1. The molecular weight excluding hydrogens is 359 g/mol. The maximum Gasteiger partial charge on any atom is 0.382 e. The van der Waals surface area contributed by atoms with Crippen molar-refractivity contribution in [3.8, 4) is 11.5 Å². The fourth-order valence-electron chi connectivity index (χ4n) is 3.30. The van der Waals surface area contributed by atoms with Crippen LogP contribution < -0.4 is 4.74 Å².